The second-order valence-electron chi connectivity index (χ2n) is 31.0. The Morgan fingerprint density at radius 1 is 0.227 bits per heavy atom. The van der Waals surface area contributed by atoms with Gasteiger partial charge in [0.1, 0.15) is 0 Å². The molecule has 0 atom stereocenters. The van der Waals surface area contributed by atoms with E-state index in [-0.39, 0.29) is 21.1 Å². The zero-order valence-electron chi connectivity index (χ0n) is 57.2. The van der Waals surface area contributed by atoms with E-state index < -0.39 is 32.3 Å². The van der Waals surface area contributed by atoms with Crippen molar-refractivity contribution in [3.8, 4) is 89.5 Å². The SMILES string of the molecule is C[Si](C)(C)c1ccc(-c2c3nc(c(-c4ccc([Si](C)(C)C)cc4)c4[n-]c(c(-c5ccc([Si](C)(C)C)cc5)c5nc(c(-c6ccc([Si](C)(C)C)cc6)c6[n-]c2c2cc7ccccc7cc62)-c2cc6ccccc6cc2-5)c2cc5ccccc5cc42)-c2cc4ccccc4cc2-3)cc1.[Pt+2]. The summed E-state index contributed by atoms with van der Waals surface area (Å²) >= 11 is 0. The van der Waals surface area contributed by atoms with Crippen LogP contribution in [0.4, 0.5) is 0 Å². The second kappa shape index (κ2) is 23.0. The van der Waals surface area contributed by atoms with Gasteiger partial charge in [0.25, 0.3) is 0 Å². The molecule has 0 fully saturated rings. The molecule has 1 aliphatic carbocycles. The van der Waals surface area contributed by atoms with Gasteiger partial charge >= 0.3 is 21.1 Å². The normalized spacial score (nSPS) is 12.7. The van der Waals surface area contributed by atoms with E-state index >= 15 is 0 Å². The molecule has 0 radical (unpaired) electrons. The van der Waals surface area contributed by atoms with E-state index in [9.17, 15) is 0 Å². The van der Waals surface area contributed by atoms with Crippen LogP contribution in [0, 0.1) is 0 Å². The Bertz CT molecular complexity index is 5230. The molecule has 14 aromatic rings. The zero-order chi connectivity index (χ0) is 65.9. The van der Waals surface area contributed by atoms with Gasteiger partial charge in [0.05, 0.1) is 55.1 Å². The van der Waals surface area contributed by atoms with Gasteiger partial charge in [-0.3, -0.25) is 0 Å². The molecule has 12 aromatic carbocycles. The van der Waals surface area contributed by atoms with E-state index in [0.29, 0.717) is 0 Å². The summed E-state index contributed by atoms with van der Waals surface area (Å²) in [6, 6.07) is 92.6. The van der Waals surface area contributed by atoms with Crippen molar-refractivity contribution in [2.45, 2.75) is 78.6 Å². The van der Waals surface area contributed by atoms with Gasteiger partial charge in [0.2, 0.25) is 0 Å². The summed E-state index contributed by atoms with van der Waals surface area (Å²) < 4.78 is 0. The molecule has 3 aliphatic rings. The Morgan fingerprint density at radius 3 is 0.577 bits per heavy atom. The molecule has 97 heavy (non-hydrogen) atoms. The molecule has 0 spiro atoms. The average Bonchev–Trinajstić information content (AvgIpc) is 1.56. The summed E-state index contributed by atoms with van der Waals surface area (Å²) in [5, 5.41) is 19.0. The molecule has 2 aromatic heterocycles. The number of rotatable bonds is 8. The number of aromatic nitrogens is 4. The van der Waals surface area contributed by atoms with Gasteiger partial charge in [-0.15, -0.1) is 22.1 Å². The summed E-state index contributed by atoms with van der Waals surface area (Å²) in [5.74, 6) is 0. The molecule has 0 amide bonds. The van der Waals surface area contributed by atoms with Gasteiger partial charge in [0.15, 0.2) is 0 Å². The third kappa shape index (κ3) is 10.6. The third-order valence-electron chi connectivity index (χ3n) is 20.5. The Hall–Kier alpha value is -9.12. The molecule has 9 heteroatoms. The quantitative estimate of drug-likeness (QED) is 0.142. The van der Waals surface area contributed by atoms with E-state index in [2.05, 4.69) is 321 Å². The maximum Gasteiger partial charge on any atom is 2.00 e. The predicted molar refractivity (Wildman–Crippen MR) is 427 cm³/mol. The largest absolute Gasteiger partial charge is 2.00 e. The van der Waals surface area contributed by atoms with Gasteiger partial charge in [-0.1, -0.05) is 293 Å². The first-order valence-corrected chi connectivity index (χ1v) is 48.0. The molecule has 0 unspecified atom stereocenters. The molecule has 2 aliphatic heterocycles. The number of benzene rings is 12. The number of hydrogen-bond donors (Lipinski definition) is 0. The zero-order valence-corrected chi connectivity index (χ0v) is 63.5. The molecule has 474 valence electrons. The van der Waals surface area contributed by atoms with Gasteiger partial charge in [-0.2, -0.15) is 0 Å². The number of nitrogens with zero attached hydrogens (tertiary/aromatic N) is 4. The van der Waals surface area contributed by atoms with Crippen LogP contribution in [-0.2, 0) is 21.1 Å². The van der Waals surface area contributed by atoms with Crippen molar-refractivity contribution in [3.63, 3.8) is 0 Å². The standard InChI is InChI=1S/C88H76N4Si4.Pt/c1-93(2,3)65-37-29-53(30-38-65)77-81-69-45-57-21-13-15-23-59(57)47-71(69)83(89-81)78(54-31-39-66(40-32-54)94(4,5)6)85-73-49-61-25-17-19-27-63(61)51-75(73)87(91-85)80(56-35-43-68(44-36-56)96(10,11)12)88-76-52-64-28-20-18-26-62(64)50-74(76)86(92-88)79(55-33-41-67(42-34-55)95(7,8)9)84-72-48-60-24-16-14-22-58(60)46-70(72)82(77)90-84;/h13-52H,1-12H3;/q-2;+2. The molecule has 0 saturated carbocycles. The fourth-order valence-electron chi connectivity index (χ4n) is 15.1. The van der Waals surface area contributed by atoms with Crippen LogP contribution in [0.2, 0.25) is 78.6 Å². The van der Waals surface area contributed by atoms with E-state index in [4.69, 9.17) is 19.9 Å². The summed E-state index contributed by atoms with van der Waals surface area (Å²) in [7, 11) is -7.05. The van der Waals surface area contributed by atoms with Crippen molar-refractivity contribution < 1.29 is 21.1 Å². The number of hydrogen-bond acceptors (Lipinski definition) is 2. The van der Waals surface area contributed by atoms with E-state index in [1.807, 2.05) is 0 Å². The third-order valence-corrected chi connectivity index (χ3v) is 28.8. The van der Waals surface area contributed by atoms with Crippen molar-refractivity contribution in [1.82, 2.24) is 19.9 Å². The Morgan fingerprint density at radius 2 is 0.402 bits per heavy atom. The van der Waals surface area contributed by atoms with Crippen LogP contribution >= 0.6 is 0 Å². The number of fused-ring (bicyclic) bond motifs is 4. The molecule has 8 bridgehead atoms. The smallest absolute Gasteiger partial charge is 0.656 e. The minimum Gasteiger partial charge on any atom is -0.656 e. The van der Waals surface area contributed by atoms with Crippen molar-refractivity contribution in [2.24, 2.45) is 0 Å². The van der Waals surface area contributed by atoms with Crippen LogP contribution in [0.5, 0.6) is 0 Å². The minimum absolute atomic E-state index is 0. The van der Waals surface area contributed by atoms with Gasteiger partial charge in [-0.25, -0.2) is 9.97 Å². The summed E-state index contributed by atoms with van der Waals surface area (Å²) in [5.41, 5.74) is 19.5. The van der Waals surface area contributed by atoms with Crippen LogP contribution in [0.3, 0.4) is 0 Å². The minimum atomic E-state index is -1.76. The summed E-state index contributed by atoms with van der Waals surface area (Å²) in [6.07, 6.45) is 0. The van der Waals surface area contributed by atoms with E-state index in [0.717, 1.165) is 176 Å². The van der Waals surface area contributed by atoms with Crippen LogP contribution < -0.4 is 30.7 Å². The van der Waals surface area contributed by atoms with E-state index in [1.165, 1.54) is 20.7 Å². The van der Waals surface area contributed by atoms with Gasteiger partial charge in [-0.05, 0) is 158 Å². The predicted octanol–water partition coefficient (Wildman–Crippen LogP) is 22.0. The van der Waals surface area contributed by atoms with Crippen molar-refractivity contribution in [2.75, 3.05) is 0 Å². The summed E-state index contributed by atoms with van der Waals surface area (Å²) in [4.78, 5) is 25.4. The maximum absolute atomic E-state index is 6.36. The second-order valence-corrected chi connectivity index (χ2v) is 51.3. The Labute approximate surface area is 586 Å². The molecule has 0 saturated heterocycles. The average molecular weight is 1500 g/mol. The Kier molecular flexibility index (Phi) is 14.9. The van der Waals surface area contributed by atoms with Gasteiger partial charge < -0.3 is 9.97 Å². The van der Waals surface area contributed by atoms with Crippen LogP contribution in [0.1, 0.15) is 0 Å². The van der Waals surface area contributed by atoms with Gasteiger partial charge in [0, 0.05) is 22.3 Å². The molecule has 17 rings (SSSR count). The summed E-state index contributed by atoms with van der Waals surface area (Å²) in [6.45, 7) is 29.2. The van der Waals surface area contributed by atoms with E-state index in [1.54, 1.807) is 0 Å². The fraction of sp³-hybridized carbons (Fsp3) is 0.136. The topological polar surface area (TPSA) is 54.0 Å². The molecule has 4 heterocycles. The van der Waals surface area contributed by atoms with Crippen molar-refractivity contribution in [3.05, 3.63) is 243 Å². The first-order valence-electron chi connectivity index (χ1n) is 34.0. The molecular formula is C88H76N4PtSi4. The molecule has 4 nitrogen and oxygen atoms in total. The monoisotopic (exact) mass is 1500 g/mol. The van der Waals surface area contributed by atoms with Crippen LogP contribution in [0.15, 0.2) is 243 Å². The Balaban J connectivity index is 0.00000738. The first kappa shape index (κ1) is 62.7. The van der Waals surface area contributed by atoms with Crippen LogP contribution in [-0.4, -0.2) is 42.3 Å². The van der Waals surface area contributed by atoms with Crippen LogP contribution in [0.25, 0.3) is 176 Å². The van der Waals surface area contributed by atoms with Crippen molar-refractivity contribution in [1.29, 1.82) is 0 Å². The van der Waals surface area contributed by atoms with Crippen molar-refractivity contribution >= 4 is 140 Å². The fourth-order valence-corrected chi connectivity index (χ4v) is 19.7. The maximum atomic E-state index is 6.36. The molecular weight excluding hydrogens is 1420 g/mol. The first-order chi connectivity index (χ1) is 46.1. The molecule has 0 N–H and O–H groups in total.